The van der Waals surface area contributed by atoms with Gasteiger partial charge in [0, 0.05) is 11.8 Å². The number of benzene rings is 1. The monoisotopic (exact) mass is 265 g/mol. The Morgan fingerprint density at radius 2 is 1.90 bits per heavy atom. The van der Waals surface area contributed by atoms with Gasteiger partial charge >= 0.3 is 0 Å². The minimum atomic E-state index is 0.681. The lowest BCUT2D eigenvalue weighted by atomic mass is 10.1. The van der Waals surface area contributed by atoms with Crippen LogP contribution < -0.4 is 4.68 Å². The molecule has 100 valence electrons. The number of hydrogen-bond donors (Lipinski definition) is 0. The molecule has 0 atom stereocenters. The van der Waals surface area contributed by atoms with Crippen molar-refractivity contribution in [1.82, 2.24) is 14.9 Å². The fraction of sp³-hybridized carbons (Fsp3) is 0.188. The molecule has 0 bridgehead atoms. The van der Waals surface area contributed by atoms with E-state index in [0.717, 1.165) is 11.4 Å². The largest absolute Gasteiger partial charge is 0.257 e. The Kier molecular flexibility index (Phi) is 3.29. The quantitative estimate of drug-likeness (QED) is 0.680. The molecule has 3 aromatic rings. The van der Waals surface area contributed by atoms with Crippen molar-refractivity contribution < 1.29 is 4.68 Å². The van der Waals surface area contributed by atoms with Crippen LogP contribution in [0.15, 0.2) is 54.9 Å². The molecule has 0 aliphatic heterocycles. The molecule has 4 heteroatoms. The van der Waals surface area contributed by atoms with Crippen LogP contribution in [0.3, 0.4) is 0 Å². The van der Waals surface area contributed by atoms with Gasteiger partial charge in [0.05, 0.1) is 10.9 Å². The van der Waals surface area contributed by atoms with Crippen LogP contribution in [0.1, 0.15) is 11.3 Å². The lowest BCUT2D eigenvalue weighted by Crippen LogP contribution is -2.36. The Hall–Kier alpha value is -2.49. The lowest BCUT2D eigenvalue weighted by molar-refractivity contribution is -0.747. The summed E-state index contributed by atoms with van der Waals surface area (Å²) in [6.07, 6.45) is 3.86. The van der Waals surface area contributed by atoms with Crippen LogP contribution in [0.4, 0.5) is 0 Å². The zero-order valence-electron chi connectivity index (χ0n) is 11.7. The average molecular weight is 265 g/mol. The van der Waals surface area contributed by atoms with E-state index in [1.54, 1.807) is 6.20 Å². The van der Waals surface area contributed by atoms with Crippen LogP contribution in [0.2, 0.25) is 0 Å². The van der Waals surface area contributed by atoms with Gasteiger partial charge in [0.2, 0.25) is 0 Å². The molecule has 4 nitrogen and oxygen atoms in total. The minimum Gasteiger partial charge on any atom is -0.257 e. The van der Waals surface area contributed by atoms with Gasteiger partial charge in [-0.3, -0.25) is 4.98 Å². The highest BCUT2D eigenvalue weighted by atomic mass is 15.5. The van der Waals surface area contributed by atoms with E-state index in [2.05, 4.69) is 47.6 Å². The van der Waals surface area contributed by atoms with Gasteiger partial charge in [-0.2, -0.15) is 0 Å². The van der Waals surface area contributed by atoms with E-state index < -0.39 is 0 Å². The summed E-state index contributed by atoms with van der Waals surface area (Å²) in [5.74, 6) is 0. The highest BCUT2D eigenvalue weighted by molar-refractivity contribution is 5.57. The second-order valence-corrected chi connectivity index (χ2v) is 4.91. The third kappa shape index (κ3) is 2.59. The Morgan fingerprint density at radius 1 is 1.10 bits per heavy atom. The summed E-state index contributed by atoms with van der Waals surface area (Å²) in [5.41, 5.74) is 4.54. The molecule has 3 rings (SSSR count). The molecule has 2 heterocycles. The van der Waals surface area contributed by atoms with Crippen LogP contribution in [0.25, 0.3) is 11.3 Å². The van der Waals surface area contributed by atoms with Crippen molar-refractivity contribution in [2.24, 2.45) is 7.05 Å². The SMILES string of the molecule is Cc1ccc(-c2c[n+](Cc3ccccn3)nn2C)cc1. The third-order valence-corrected chi connectivity index (χ3v) is 3.27. The fourth-order valence-corrected chi connectivity index (χ4v) is 2.19. The Bertz CT molecular complexity index is 699. The summed E-state index contributed by atoms with van der Waals surface area (Å²) >= 11 is 0. The molecule has 1 aromatic carbocycles. The van der Waals surface area contributed by atoms with Crippen molar-refractivity contribution in [3.63, 3.8) is 0 Å². The fourth-order valence-electron chi connectivity index (χ4n) is 2.19. The van der Waals surface area contributed by atoms with Crippen molar-refractivity contribution in [3.8, 4) is 11.3 Å². The molecular weight excluding hydrogens is 248 g/mol. The van der Waals surface area contributed by atoms with Gasteiger partial charge in [0.25, 0.3) is 0 Å². The molecule has 20 heavy (non-hydrogen) atoms. The van der Waals surface area contributed by atoms with E-state index in [0.29, 0.717) is 6.54 Å². The first-order valence-electron chi connectivity index (χ1n) is 6.63. The Balaban J connectivity index is 1.89. The second-order valence-electron chi connectivity index (χ2n) is 4.91. The van der Waals surface area contributed by atoms with Gasteiger partial charge in [0.15, 0.2) is 18.4 Å². The molecule has 0 radical (unpaired) electrons. The van der Waals surface area contributed by atoms with Gasteiger partial charge in [-0.15, -0.1) is 9.36 Å². The van der Waals surface area contributed by atoms with Crippen LogP contribution in [0, 0.1) is 6.92 Å². The third-order valence-electron chi connectivity index (χ3n) is 3.27. The van der Waals surface area contributed by atoms with Crippen LogP contribution in [-0.4, -0.2) is 14.9 Å². The molecule has 0 fully saturated rings. The minimum absolute atomic E-state index is 0.681. The summed E-state index contributed by atoms with van der Waals surface area (Å²) in [6.45, 7) is 2.77. The van der Waals surface area contributed by atoms with E-state index in [1.165, 1.54) is 11.1 Å². The van der Waals surface area contributed by atoms with E-state index >= 15 is 0 Å². The van der Waals surface area contributed by atoms with Crippen molar-refractivity contribution in [1.29, 1.82) is 0 Å². The zero-order chi connectivity index (χ0) is 13.9. The predicted molar refractivity (Wildman–Crippen MR) is 76.9 cm³/mol. The number of hydrogen-bond acceptors (Lipinski definition) is 2. The van der Waals surface area contributed by atoms with Crippen LogP contribution in [0.5, 0.6) is 0 Å². The van der Waals surface area contributed by atoms with Gasteiger partial charge in [-0.1, -0.05) is 35.9 Å². The number of pyridine rings is 1. The van der Waals surface area contributed by atoms with Crippen molar-refractivity contribution >= 4 is 0 Å². The first-order valence-corrected chi connectivity index (χ1v) is 6.63. The normalized spacial score (nSPS) is 10.7. The molecule has 0 aliphatic carbocycles. The molecule has 0 amide bonds. The van der Waals surface area contributed by atoms with E-state index in [4.69, 9.17) is 0 Å². The van der Waals surface area contributed by atoms with Crippen molar-refractivity contribution in [2.45, 2.75) is 13.5 Å². The van der Waals surface area contributed by atoms with Crippen molar-refractivity contribution in [2.75, 3.05) is 0 Å². The summed E-state index contributed by atoms with van der Waals surface area (Å²) in [4.78, 5) is 4.33. The van der Waals surface area contributed by atoms with Crippen LogP contribution >= 0.6 is 0 Å². The maximum absolute atomic E-state index is 4.50. The lowest BCUT2D eigenvalue weighted by Gasteiger charge is -1.95. The first-order chi connectivity index (χ1) is 9.72. The van der Waals surface area contributed by atoms with Gasteiger partial charge in [-0.05, 0) is 19.1 Å². The molecule has 2 aromatic heterocycles. The molecule has 0 saturated heterocycles. The Morgan fingerprint density at radius 3 is 2.60 bits per heavy atom. The summed E-state index contributed by atoms with van der Waals surface area (Å²) in [6, 6.07) is 14.4. The van der Waals surface area contributed by atoms with Crippen LogP contribution in [-0.2, 0) is 13.6 Å². The maximum Gasteiger partial charge on any atom is 0.197 e. The van der Waals surface area contributed by atoms with E-state index in [-0.39, 0.29) is 0 Å². The van der Waals surface area contributed by atoms with E-state index in [1.807, 2.05) is 34.6 Å². The maximum atomic E-state index is 4.50. The summed E-state index contributed by atoms with van der Waals surface area (Å²) < 4.78 is 3.81. The highest BCUT2D eigenvalue weighted by Crippen LogP contribution is 2.16. The Labute approximate surface area is 118 Å². The molecule has 0 unspecified atom stereocenters. The predicted octanol–water partition coefficient (Wildman–Crippen LogP) is 2.13. The highest BCUT2D eigenvalue weighted by Gasteiger charge is 2.14. The number of aromatic nitrogens is 4. The van der Waals surface area contributed by atoms with Gasteiger partial charge in [-0.25, -0.2) is 0 Å². The smallest absolute Gasteiger partial charge is 0.197 e. The molecule has 0 saturated carbocycles. The molecule has 0 spiro atoms. The molecular formula is C16H17N4+. The molecule has 0 aliphatic rings. The van der Waals surface area contributed by atoms with Gasteiger partial charge < -0.3 is 0 Å². The van der Waals surface area contributed by atoms with Crippen molar-refractivity contribution in [3.05, 3.63) is 66.1 Å². The molecule has 0 N–H and O–H groups in total. The second kappa shape index (κ2) is 5.25. The standard InChI is InChI=1S/C16H17N4/c1-13-6-8-14(9-7-13)16-12-20(18-19(16)2)11-15-5-3-4-10-17-15/h3-10,12H,11H2,1-2H3/q+1. The number of nitrogens with zero attached hydrogens (tertiary/aromatic N) is 4. The number of aryl methyl sites for hydroxylation is 2. The average Bonchev–Trinajstić information content (AvgIpc) is 2.81. The summed E-state index contributed by atoms with van der Waals surface area (Å²) in [5, 5.41) is 4.50. The van der Waals surface area contributed by atoms with E-state index in [9.17, 15) is 0 Å². The zero-order valence-corrected chi connectivity index (χ0v) is 11.7. The topological polar surface area (TPSA) is 34.6 Å². The first kappa shape index (κ1) is 12.5. The summed E-state index contributed by atoms with van der Waals surface area (Å²) in [7, 11) is 1.96. The van der Waals surface area contributed by atoms with Gasteiger partial charge in [0.1, 0.15) is 7.05 Å². The number of rotatable bonds is 3.